The summed E-state index contributed by atoms with van der Waals surface area (Å²) in [5, 5.41) is 13.8. The highest BCUT2D eigenvalue weighted by atomic mass is 32.1. The van der Waals surface area contributed by atoms with Crippen LogP contribution in [0.2, 0.25) is 0 Å². The summed E-state index contributed by atoms with van der Waals surface area (Å²) in [6.07, 6.45) is 0.898. The van der Waals surface area contributed by atoms with Crippen LogP contribution < -0.4 is 4.90 Å². The number of rotatable bonds is 4. The average molecular weight is 379 g/mol. The fraction of sp³-hybridized carbons (Fsp3) is 0.200. The molecule has 0 bridgehead atoms. The molecule has 0 unspecified atom stereocenters. The summed E-state index contributed by atoms with van der Waals surface area (Å²) in [6.45, 7) is 2.58. The molecule has 4 rings (SSSR count). The van der Waals surface area contributed by atoms with Gasteiger partial charge in [-0.1, -0.05) is 29.8 Å². The van der Waals surface area contributed by atoms with Gasteiger partial charge in [-0.05, 0) is 25.0 Å². The molecule has 6 nitrogen and oxygen atoms in total. The second kappa shape index (κ2) is 6.92. The summed E-state index contributed by atoms with van der Waals surface area (Å²) in [5.41, 5.74) is 4.54. The van der Waals surface area contributed by atoms with Crippen molar-refractivity contribution in [3.63, 3.8) is 0 Å². The summed E-state index contributed by atoms with van der Waals surface area (Å²) >= 11 is 1.52. The quantitative estimate of drug-likeness (QED) is 0.504. The smallest absolute Gasteiger partial charge is 0.271 e. The predicted octanol–water partition coefficient (Wildman–Crippen LogP) is 4.16. The van der Waals surface area contributed by atoms with Crippen LogP contribution in [0, 0.1) is 17.0 Å². The standard InChI is InChI=1S/C20H17N3O3S/c1-13-3-2-4-15(9-13)20-21-16(12-27-20)10-19(24)22-8-7-14-5-6-17(23(25)26)11-18(14)22/h2-6,9,11-12H,7-8,10H2,1H3. The number of carbonyl (C=O) groups is 1. The molecule has 136 valence electrons. The number of nitrogens with zero attached hydrogens (tertiary/aromatic N) is 3. The topological polar surface area (TPSA) is 76.3 Å². The van der Waals surface area contributed by atoms with E-state index in [1.807, 2.05) is 30.5 Å². The molecule has 27 heavy (non-hydrogen) atoms. The van der Waals surface area contributed by atoms with Crippen LogP contribution in [0.4, 0.5) is 11.4 Å². The van der Waals surface area contributed by atoms with Crippen LogP contribution in [-0.4, -0.2) is 22.4 Å². The molecule has 2 aromatic carbocycles. The number of benzene rings is 2. The number of aryl methyl sites for hydroxylation is 1. The van der Waals surface area contributed by atoms with Crippen molar-refractivity contribution in [1.82, 2.24) is 4.98 Å². The lowest BCUT2D eigenvalue weighted by atomic mass is 10.1. The van der Waals surface area contributed by atoms with Crippen LogP contribution in [0.5, 0.6) is 0 Å². The van der Waals surface area contributed by atoms with E-state index >= 15 is 0 Å². The van der Waals surface area contributed by atoms with Gasteiger partial charge in [-0.15, -0.1) is 11.3 Å². The Morgan fingerprint density at radius 3 is 2.93 bits per heavy atom. The van der Waals surface area contributed by atoms with E-state index in [-0.39, 0.29) is 18.0 Å². The number of nitro benzene ring substituents is 1. The van der Waals surface area contributed by atoms with Gasteiger partial charge >= 0.3 is 0 Å². The number of thiazole rings is 1. The average Bonchev–Trinajstić information content (AvgIpc) is 3.27. The minimum absolute atomic E-state index is 0.00356. The van der Waals surface area contributed by atoms with E-state index in [2.05, 4.69) is 11.1 Å². The maximum Gasteiger partial charge on any atom is 0.271 e. The maximum atomic E-state index is 12.8. The van der Waals surface area contributed by atoms with Gasteiger partial charge in [-0.3, -0.25) is 14.9 Å². The molecular weight excluding hydrogens is 362 g/mol. The molecule has 3 aromatic rings. The predicted molar refractivity (Wildman–Crippen MR) is 105 cm³/mol. The summed E-state index contributed by atoms with van der Waals surface area (Å²) in [7, 11) is 0. The largest absolute Gasteiger partial charge is 0.311 e. The Balaban J connectivity index is 1.53. The van der Waals surface area contributed by atoms with Crippen molar-refractivity contribution in [2.75, 3.05) is 11.4 Å². The van der Waals surface area contributed by atoms with Gasteiger partial charge in [-0.2, -0.15) is 0 Å². The Kier molecular flexibility index (Phi) is 4.45. The molecule has 1 amide bonds. The van der Waals surface area contributed by atoms with Gasteiger partial charge < -0.3 is 4.90 Å². The third-order valence-electron chi connectivity index (χ3n) is 4.63. The van der Waals surface area contributed by atoms with Gasteiger partial charge in [0.05, 0.1) is 22.7 Å². The fourth-order valence-corrected chi connectivity index (χ4v) is 4.11. The molecule has 1 aliphatic rings. The lowest BCUT2D eigenvalue weighted by Gasteiger charge is -2.16. The SMILES string of the molecule is Cc1cccc(-c2nc(CC(=O)N3CCc4ccc([N+](=O)[O-])cc43)cs2)c1. The molecule has 0 N–H and O–H groups in total. The normalized spacial score (nSPS) is 12.9. The monoisotopic (exact) mass is 379 g/mol. The molecule has 0 saturated carbocycles. The van der Waals surface area contributed by atoms with Crippen molar-refractivity contribution in [2.24, 2.45) is 0 Å². The van der Waals surface area contributed by atoms with Crippen molar-refractivity contribution in [1.29, 1.82) is 0 Å². The Labute approximate surface area is 160 Å². The fourth-order valence-electron chi connectivity index (χ4n) is 3.29. The molecule has 0 aliphatic carbocycles. The molecule has 1 aliphatic heterocycles. The molecule has 2 heterocycles. The van der Waals surface area contributed by atoms with Gasteiger partial charge in [0.15, 0.2) is 0 Å². The number of fused-ring (bicyclic) bond motifs is 1. The third kappa shape index (κ3) is 3.46. The van der Waals surface area contributed by atoms with Crippen LogP contribution >= 0.6 is 11.3 Å². The van der Waals surface area contributed by atoms with Gasteiger partial charge in [0.25, 0.3) is 5.69 Å². The Morgan fingerprint density at radius 2 is 2.15 bits per heavy atom. The van der Waals surface area contributed by atoms with Crippen LogP contribution in [-0.2, 0) is 17.6 Å². The van der Waals surface area contributed by atoms with Crippen molar-refractivity contribution in [3.8, 4) is 10.6 Å². The van der Waals surface area contributed by atoms with Gasteiger partial charge in [0, 0.05) is 29.6 Å². The minimum atomic E-state index is -0.435. The van der Waals surface area contributed by atoms with Crippen LogP contribution in [0.3, 0.4) is 0 Å². The zero-order valence-electron chi connectivity index (χ0n) is 14.7. The molecule has 0 fully saturated rings. The number of non-ortho nitro benzene ring substituents is 1. The Morgan fingerprint density at radius 1 is 1.30 bits per heavy atom. The number of amides is 1. The van der Waals surface area contributed by atoms with Crippen molar-refractivity contribution >= 4 is 28.6 Å². The van der Waals surface area contributed by atoms with Gasteiger partial charge in [-0.25, -0.2) is 4.98 Å². The Bertz CT molecular complexity index is 1040. The first-order valence-electron chi connectivity index (χ1n) is 8.60. The second-order valence-corrected chi connectivity index (χ2v) is 7.41. The first-order valence-corrected chi connectivity index (χ1v) is 9.48. The molecule has 7 heteroatoms. The molecule has 0 radical (unpaired) electrons. The first-order chi connectivity index (χ1) is 13.0. The highest BCUT2D eigenvalue weighted by molar-refractivity contribution is 7.13. The molecule has 0 saturated heterocycles. The van der Waals surface area contributed by atoms with Gasteiger partial charge in [0.1, 0.15) is 5.01 Å². The number of anilines is 1. The lowest BCUT2D eigenvalue weighted by molar-refractivity contribution is -0.384. The number of aromatic nitrogens is 1. The molecule has 0 spiro atoms. The molecule has 0 atom stereocenters. The summed E-state index contributed by atoms with van der Waals surface area (Å²) < 4.78 is 0. The summed E-state index contributed by atoms with van der Waals surface area (Å²) in [4.78, 5) is 29.6. The van der Waals surface area contributed by atoms with E-state index in [0.717, 1.165) is 27.4 Å². The molecular formula is C20H17N3O3S. The van der Waals surface area contributed by atoms with E-state index in [4.69, 9.17) is 0 Å². The highest BCUT2D eigenvalue weighted by Gasteiger charge is 2.27. The number of hydrogen-bond acceptors (Lipinski definition) is 5. The summed E-state index contributed by atoms with van der Waals surface area (Å²) in [6, 6.07) is 12.8. The van der Waals surface area contributed by atoms with Gasteiger partial charge in [0.2, 0.25) is 5.91 Å². The highest BCUT2D eigenvalue weighted by Crippen LogP contribution is 2.32. The Hall–Kier alpha value is -3.06. The van der Waals surface area contributed by atoms with Crippen molar-refractivity contribution in [2.45, 2.75) is 19.8 Å². The number of nitro groups is 1. The van der Waals surface area contributed by atoms with Crippen molar-refractivity contribution in [3.05, 3.63) is 74.8 Å². The van der Waals surface area contributed by atoms with E-state index in [1.54, 1.807) is 11.0 Å². The number of carbonyl (C=O) groups excluding carboxylic acids is 1. The van der Waals surface area contributed by atoms with Crippen LogP contribution in [0.15, 0.2) is 47.8 Å². The van der Waals surface area contributed by atoms with Crippen LogP contribution in [0.1, 0.15) is 16.8 Å². The second-order valence-electron chi connectivity index (χ2n) is 6.56. The van der Waals surface area contributed by atoms with E-state index in [0.29, 0.717) is 18.7 Å². The third-order valence-corrected chi connectivity index (χ3v) is 5.57. The number of hydrogen-bond donors (Lipinski definition) is 0. The zero-order valence-corrected chi connectivity index (χ0v) is 15.5. The first kappa shape index (κ1) is 17.4. The summed E-state index contributed by atoms with van der Waals surface area (Å²) in [5.74, 6) is -0.0876. The molecule has 1 aromatic heterocycles. The van der Waals surface area contributed by atoms with E-state index in [1.165, 1.54) is 23.5 Å². The lowest BCUT2D eigenvalue weighted by Crippen LogP contribution is -2.30. The van der Waals surface area contributed by atoms with Crippen molar-refractivity contribution < 1.29 is 9.72 Å². The minimum Gasteiger partial charge on any atom is -0.311 e. The van der Waals surface area contributed by atoms with E-state index in [9.17, 15) is 14.9 Å². The zero-order chi connectivity index (χ0) is 19.0. The van der Waals surface area contributed by atoms with E-state index < -0.39 is 4.92 Å². The maximum absolute atomic E-state index is 12.8. The van der Waals surface area contributed by atoms with Crippen LogP contribution in [0.25, 0.3) is 10.6 Å².